The number of hydrogen-bond acceptors (Lipinski definition) is 4. The van der Waals surface area contributed by atoms with Gasteiger partial charge in [-0.2, -0.15) is 0 Å². The number of carboxylic acids is 1. The predicted octanol–water partition coefficient (Wildman–Crippen LogP) is 5.96. The molecule has 4 rings (SSSR count). The molecule has 37 heavy (non-hydrogen) atoms. The van der Waals surface area contributed by atoms with Crippen LogP contribution in [0.3, 0.4) is 0 Å². The lowest BCUT2D eigenvalue weighted by Crippen LogP contribution is -2.57. The van der Waals surface area contributed by atoms with Gasteiger partial charge in [0.1, 0.15) is 5.54 Å². The van der Waals surface area contributed by atoms with Crippen LogP contribution < -0.4 is 16.0 Å². The Morgan fingerprint density at radius 2 is 1.59 bits per heavy atom. The first kappa shape index (κ1) is 26.1. The summed E-state index contributed by atoms with van der Waals surface area (Å²) in [5.74, 6) is -1.90. The predicted molar refractivity (Wildman–Crippen MR) is 145 cm³/mol. The summed E-state index contributed by atoms with van der Waals surface area (Å²) in [4.78, 5) is 43.5. The molecule has 0 spiro atoms. The summed E-state index contributed by atoms with van der Waals surface area (Å²) in [5.41, 5.74) is 2.93. The second-order valence-electron chi connectivity index (χ2n) is 10.2. The highest BCUT2D eigenvalue weighted by Gasteiger charge is 2.43. The van der Waals surface area contributed by atoms with Crippen LogP contribution >= 0.6 is 0 Å². The van der Waals surface area contributed by atoms with Crippen LogP contribution in [0.5, 0.6) is 0 Å². The molecule has 2 aromatic carbocycles. The zero-order chi connectivity index (χ0) is 26.7. The van der Waals surface area contributed by atoms with Gasteiger partial charge in [-0.15, -0.1) is 0 Å². The first-order chi connectivity index (χ1) is 17.6. The first-order valence-electron chi connectivity index (χ1n) is 12.7. The van der Waals surface area contributed by atoms with Gasteiger partial charge in [0.05, 0.1) is 11.2 Å². The van der Waals surface area contributed by atoms with Crippen molar-refractivity contribution in [2.75, 3.05) is 10.6 Å². The second-order valence-corrected chi connectivity index (χ2v) is 10.2. The van der Waals surface area contributed by atoms with Crippen LogP contribution in [0.4, 0.5) is 16.2 Å². The molecule has 1 aromatic heterocycles. The standard InChI is InChI=1S/C29H34N4O4/c1-17-14-18(2)24(19(3)15-17)32-28(37)31-23-16-20-10-8-9-13-22(20)30-25(23)26(34)33-29(4,27(35)36)21-11-6-5-7-12-21/h8-10,13-16,21H,5-7,11-12H2,1-4H3,(H,33,34)(H,35,36)(H2,31,32,37)/t29-/m1/s1. The number of aromatic nitrogens is 1. The molecule has 1 heterocycles. The number of aryl methyl sites for hydroxylation is 3. The Morgan fingerprint density at radius 1 is 0.946 bits per heavy atom. The van der Waals surface area contributed by atoms with Crippen molar-refractivity contribution >= 4 is 40.2 Å². The Hall–Kier alpha value is -3.94. The van der Waals surface area contributed by atoms with E-state index in [-0.39, 0.29) is 17.3 Å². The molecular weight excluding hydrogens is 468 g/mol. The topological polar surface area (TPSA) is 120 Å². The summed E-state index contributed by atoms with van der Waals surface area (Å²) >= 11 is 0. The van der Waals surface area contributed by atoms with Crippen LogP contribution in [0.2, 0.25) is 0 Å². The third kappa shape index (κ3) is 5.58. The lowest BCUT2D eigenvalue weighted by atomic mass is 9.75. The van der Waals surface area contributed by atoms with Crippen LogP contribution in [0.1, 0.15) is 66.2 Å². The Kier molecular flexibility index (Phi) is 7.47. The molecule has 0 bridgehead atoms. The first-order valence-corrected chi connectivity index (χ1v) is 12.7. The lowest BCUT2D eigenvalue weighted by Gasteiger charge is -2.37. The third-order valence-corrected chi connectivity index (χ3v) is 7.34. The fraction of sp³-hybridized carbons (Fsp3) is 0.379. The summed E-state index contributed by atoms with van der Waals surface area (Å²) in [6.45, 7) is 7.40. The number of hydrogen-bond donors (Lipinski definition) is 4. The summed E-state index contributed by atoms with van der Waals surface area (Å²) in [5, 5.41) is 19.2. The van der Waals surface area contributed by atoms with Gasteiger partial charge in [-0.1, -0.05) is 55.2 Å². The second kappa shape index (κ2) is 10.6. The van der Waals surface area contributed by atoms with E-state index in [0.29, 0.717) is 11.2 Å². The van der Waals surface area contributed by atoms with Gasteiger partial charge in [0, 0.05) is 11.1 Å². The third-order valence-electron chi connectivity index (χ3n) is 7.34. The van der Waals surface area contributed by atoms with Crippen molar-refractivity contribution in [3.05, 3.63) is 64.8 Å². The molecule has 1 atom stereocenters. The maximum absolute atomic E-state index is 13.5. The zero-order valence-corrected chi connectivity index (χ0v) is 21.8. The minimum Gasteiger partial charge on any atom is -0.480 e. The highest BCUT2D eigenvalue weighted by Crippen LogP contribution is 2.34. The normalized spacial score (nSPS) is 15.6. The van der Waals surface area contributed by atoms with E-state index in [0.717, 1.165) is 54.2 Å². The molecule has 3 aromatic rings. The average Bonchev–Trinajstić information content (AvgIpc) is 2.86. The minimum absolute atomic E-state index is 0.0329. The molecule has 0 aliphatic heterocycles. The van der Waals surface area contributed by atoms with Gasteiger partial charge >= 0.3 is 12.0 Å². The molecule has 1 aliphatic carbocycles. The number of aliphatic carboxylic acids is 1. The van der Waals surface area contributed by atoms with E-state index in [1.54, 1.807) is 19.1 Å². The number of carbonyl (C=O) groups is 3. The van der Waals surface area contributed by atoms with Gasteiger partial charge in [0.2, 0.25) is 0 Å². The van der Waals surface area contributed by atoms with E-state index in [2.05, 4.69) is 20.9 Å². The van der Waals surface area contributed by atoms with E-state index in [4.69, 9.17) is 0 Å². The zero-order valence-electron chi connectivity index (χ0n) is 21.8. The number of amides is 3. The number of carbonyl (C=O) groups excluding carboxylic acids is 2. The number of para-hydroxylation sites is 1. The average molecular weight is 503 g/mol. The van der Waals surface area contributed by atoms with Crippen LogP contribution in [0.25, 0.3) is 10.9 Å². The Balaban J connectivity index is 1.66. The maximum atomic E-state index is 13.5. The Bertz CT molecular complexity index is 1340. The SMILES string of the molecule is Cc1cc(C)c(NC(=O)Nc2cc3ccccc3nc2C(=O)N[C@@](C)(C(=O)O)C2CCCCC2)c(C)c1. The van der Waals surface area contributed by atoms with Crippen LogP contribution in [-0.4, -0.2) is 33.5 Å². The summed E-state index contributed by atoms with van der Waals surface area (Å²) in [6.07, 6.45) is 4.40. The van der Waals surface area contributed by atoms with Gasteiger partial charge in [-0.25, -0.2) is 14.6 Å². The number of rotatable bonds is 6. The number of nitrogens with one attached hydrogen (secondary N) is 3. The van der Waals surface area contributed by atoms with E-state index in [9.17, 15) is 19.5 Å². The Morgan fingerprint density at radius 3 is 2.24 bits per heavy atom. The highest BCUT2D eigenvalue weighted by atomic mass is 16.4. The molecule has 3 amide bonds. The molecule has 1 saturated carbocycles. The number of benzene rings is 2. The Labute approximate surface area is 216 Å². The van der Waals surface area contributed by atoms with Crippen molar-refractivity contribution in [1.29, 1.82) is 0 Å². The molecule has 194 valence electrons. The summed E-state index contributed by atoms with van der Waals surface area (Å²) < 4.78 is 0. The van der Waals surface area contributed by atoms with Gasteiger partial charge < -0.3 is 21.1 Å². The quantitative estimate of drug-likeness (QED) is 0.332. The van der Waals surface area contributed by atoms with E-state index < -0.39 is 23.4 Å². The molecule has 0 radical (unpaired) electrons. The lowest BCUT2D eigenvalue weighted by molar-refractivity contribution is -0.146. The minimum atomic E-state index is -1.44. The molecule has 1 aliphatic rings. The molecule has 4 N–H and O–H groups in total. The van der Waals surface area contributed by atoms with Crippen molar-refractivity contribution in [1.82, 2.24) is 10.3 Å². The van der Waals surface area contributed by atoms with Gasteiger partial charge in [-0.05, 0) is 69.7 Å². The van der Waals surface area contributed by atoms with Crippen molar-refractivity contribution in [3.8, 4) is 0 Å². The molecule has 8 nitrogen and oxygen atoms in total. The van der Waals surface area contributed by atoms with E-state index >= 15 is 0 Å². The number of anilines is 2. The molecule has 0 unspecified atom stereocenters. The summed E-state index contributed by atoms with van der Waals surface area (Å²) in [6, 6.07) is 12.4. The van der Waals surface area contributed by atoms with Crippen molar-refractivity contribution in [3.63, 3.8) is 0 Å². The number of pyridine rings is 1. The monoisotopic (exact) mass is 502 g/mol. The van der Waals surface area contributed by atoms with Crippen molar-refractivity contribution < 1.29 is 19.5 Å². The number of fused-ring (bicyclic) bond motifs is 1. The van der Waals surface area contributed by atoms with Crippen molar-refractivity contribution in [2.45, 2.75) is 65.3 Å². The van der Waals surface area contributed by atoms with Crippen LogP contribution in [-0.2, 0) is 4.79 Å². The van der Waals surface area contributed by atoms with E-state index in [1.807, 2.05) is 51.1 Å². The molecule has 1 fully saturated rings. The van der Waals surface area contributed by atoms with E-state index in [1.165, 1.54) is 0 Å². The fourth-order valence-corrected chi connectivity index (χ4v) is 5.33. The van der Waals surface area contributed by atoms with Gasteiger partial charge in [0.15, 0.2) is 5.69 Å². The van der Waals surface area contributed by atoms with Gasteiger partial charge in [0.25, 0.3) is 5.91 Å². The highest BCUT2D eigenvalue weighted by molar-refractivity contribution is 6.08. The van der Waals surface area contributed by atoms with Gasteiger partial charge in [-0.3, -0.25) is 4.79 Å². The van der Waals surface area contributed by atoms with Crippen LogP contribution in [0.15, 0.2) is 42.5 Å². The largest absolute Gasteiger partial charge is 0.480 e. The molecule has 0 saturated heterocycles. The van der Waals surface area contributed by atoms with Crippen LogP contribution in [0, 0.1) is 26.7 Å². The fourth-order valence-electron chi connectivity index (χ4n) is 5.33. The molecular formula is C29H34N4O4. The smallest absolute Gasteiger partial charge is 0.329 e. The van der Waals surface area contributed by atoms with Crippen molar-refractivity contribution in [2.24, 2.45) is 5.92 Å². The number of carboxylic acid groups (broad SMARTS) is 1. The molecule has 8 heteroatoms. The summed E-state index contributed by atoms with van der Waals surface area (Å²) in [7, 11) is 0. The number of urea groups is 1. The maximum Gasteiger partial charge on any atom is 0.329 e. The number of nitrogens with zero attached hydrogens (tertiary/aromatic N) is 1.